The van der Waals surface area contributed by atoms with Gasteiger partial charge in [0.25, 0.3) is 5.91 Å². The fraction of sp³-hybridized carbons (Fsp3) is 0.182. The van der Waals surface area contributed by atoms with Gasteiger partial charge in [0.2, 0.25) is 5.88 Å². The van der Waals surface area contributed by atoms with Crippen LogP contribution >= 0.6 is 11.6 Å². The van der Waals surface area contributed by atoms with Crippen LogP contribution in [-0.4, -0.2) is 30.2 Å². The summed E-state index contributed by atoms with van der Waals surface area (Å²) < 4.78 is 11.0. The quantitative estimate of drug-likeness (QED) is 0.673. The molecule has 1 amide bonds. The van der Waals surface area contributed by atoms with Crippen molar-refractivity contribution < 1.29 is 14.3 Å². The van der Waals surface area contributed by atoms with Gasteiger partial charge in [-0.1, -0.05) is 60.1 Å². The Morgan fingerprint density at radius 2 is 1.93 bits per heavy atom. The van der Waals surface area contributed by atoms with Crippen LogP contribution in [0.15, 0.2) is 66.9 Å². The molecule has 0 radical (unpaired) electrons. The molecular formula is C22H19ClN2O3. The number of benzene rings is 2. The zero-order chi connectivity index (χ0) is 19.3. The Bertz CT molecular complexity index is 973. The van der Waals surface area contributed by atoms with Crippen LogP contribution in [0.1, 0.15) is 16.8 Å². The van der Waals surface area contributed by atoms with E-state index in [1.807, 2.05) is 54.6 Å². The molecule has 1 aliphatic heterocycles. The number of nitrogens with zero attached hydrogens (tertiary/aromatic N) is 1. The fourth-order valence-electron chi connectivity index (χ4n) is 3.06. The number of para-hydroxylation sites is 1. The fourth-order valence-corrected chi connectivity index (χ4v) is 3.27. The van der Waals surface area contributed by atoms with Crippen LogP contribution in [0.3, 0.4) is 0 Å². The number of halogens is 1. The van der Waals surface area contributed by atoms with E-state index in [0.717, 1.165) is 23.2 Å². The lowest BCUT2D eigenvalue weighted by atomic mass is 10.0. The average molecular weight is 395 g/mol. The predicted octanol–water partition coefficient (Wildman–Crippen LogP) is 4.82. The molecule has 0 saturated carbocycles. The molecule has 4 rings (SSSR count). The molecule has 1 aromatic heterocycles. The Morgan fingerprint density at radius 3 is 2.68 bits per heavy atom. The van der Waals surface area contributed by atoms with Crippen LogP contribution in [0, 0.1) is 0 Å². The van der Waals surface area contributed by atoms with E-state index in [4.69, 9.17) is 21.1 Å². The van der Waals surface area contributed by atoms with Crippen LogP contribution < -0.4 is 10.1 Å². The molecule has 1 unspecified atom stereocenters. The molecule has 0 aliphatic carbocycles. The van der Waals surface area contributed by atoms with Gasteiger partial charge in [0.05, 0.1) is 18.8 Å². The van der Waals surface area contributed by atoms with E-state index in [1.165, 1.54) is 6.20 Å². The van der Waals surface area contributed by atoms with E-state index >= 15 is 0 Å². The summed E-state index contributed by atoms with van der Waals surface area (Å²) in [5.41, 5.74) is 3.05. The lowest BCUT2D eigenvalue weighted by Gasteiger charge is -2.14. The van der Waals surface area contributed by atoms with E-state index in [2.05, 4.69) is 10.3 Å². The van der Waals surface area contributed by atoms with Crippen molar-refractivity contribution in [2.24, 2.45) is 0 Å². The topological polar surface area (TPSA) is 60.5 Å². The molecule has 2 heterocycles. The molecular weight excluding hydrogens is 376 g/mol. The average Bonchev–Trinajstić information content (AvgIpc) is 3.24. The maximum atomic E-state index is 12.7. The molecule has 1 atom stereocenters. The Labute approximate surface area is 168 Å². The van der Waals surface area contributed by atoms with Crippen LogP contribution in [-0.2, 0) is 4.74 Å². The molecule has 2 aromatic carbocycles. The first-order chi connectivity index (χ1) is 13.7. The van der Waals surface area contributed by atoms with Gasteiger partial charge >= 0.3 is 0 Å². The highest BCUT2D eigenvalue weighted by atomic mass is 35.5. The standard InChI is InChI=1S/C22H19ClN2O3/c23-19-12-16(13-24-22(19)28-17-10-11-27-14-17)21(26)25-20-9-5-4-8-18(20)15-6-2-1-3-7-15/h1-9,12-13,17H,10-11,14H2,(H,25,26). The first kappa shape index (κ1) is 18.5. The SMILES string of the molecule is O=C(Nc1ccccc1-c1ccccc1)c1cnc(OC2CCOC2)c(Cl)c1. The van der Waals surface area contributed by atoms with E-state index in [1.54, 1.807) is 6.07 Å². The first-order valence-electron chi connectivity index (χ1n) is 9.06. The van der Waals surface area contributed by atoms with Crippen LogP contribution in [0.2, 0.25) is 5.02 Å². The van der Waals surface area contributed by atoms with Gasteiger partial charge in [-0.15, -0.1) is 0 Å². The molecule has 1 N–H and O–H groups in total. The number of rotatable bonds is 5. The molecule has 28 heavy (non-hydrogen) atoms. The number of amides is 1. The van der Waals surface area contributed by atoms with Crippen molar-refractivity contribution in [1.29, 1.82) is 0 Å². The van der Waals surface area contributed by atoms with Gasteiger partial charge in [-0.25, -0.2) is 4.98 Å². The number of nitrogens with one attached hydrogen (secondary N) is 1. The summed E-state index contributed by atoms with van der Waals surface area (Å²) in [4.78, 5) is 16.9. The minimum atomic E-state index is -0.284. The third-order valence-corrected chi connectivity index (χ3v) is 4.77. The summed E-state index contributed by atoms with van der Waals surface area (Å²) in [5.74, 6) is 0.0342. The number of anilines is 1. The zero-order valence-corrected chi connectivity index (χ0v) is 15.9. The van der Waals surface area contributed by atoms with Crippen LogP contribution in [0.5, 0.6) is 5.88 Å². The van der Waals surface area contributed by atoms with Crippen molar-refractivity contribution in [3.8, 4) is 17.0 Å². The highest BCUT2D eigenvalue weighted by Crippen LogP contribution is 2.29. The third-order valence-electron chi connectivity index (χ3n) is 4.50. The molecule has 142 valence electrons. The maximum Gasteiger partial charge on any atom is 0.257 e. The Balaban J connectivity index is 1.52. The van der Waals surface area contributed by atoms with Crippen molar-refractivity contribution in [3.63, 3.8) is 0 Å². The van der Waals surface area contributed by atoms with Crippen LogP contribution in [0.4, 0.5) is 5.69 Å². The third kappa shape index (κ3) is 4.16. The van der Waals surface area contributed by atoms with Crippen LogP contribution in [0.25, 0.3) is 11.1 Å². The summed E-state index contributed by atoms with van der Waals surface area (Å²) >= 11 is 6.27. The van der Waals surface area contributed by atoms with Crippen molar-refractivity contribution in [2.45, 2.75) is 12.5 Å². The predicted molar refractivity (Wildman–Crippen MR) is 109 cm³/mol. The van der Waals surface area contributed by atoms with Gasteiger partial charge in [-0.3, -0.25) is 4.79 Å². The molecule has 1 aliphatic rings. The minimum Gasteiger partial charge on any atom is -0.471 e. The Kier molecular flexibility index (Phi) is 5.55. The highest BCUT2D eigenvalue weighted by Gasteiger charge is 2.20. The second kappa shape index (κ2) is 8.42. The molecule has 5 nitrogen and oxygen atoms in total. The van der Waals surface area contributed by atoms with Gasteiger partial charge in [-0.2, -0.15) is 0 Å². The van der Waals surface area contributed by atoms with Crippen molar-refractivity contribution in [3.05, 3.63) is 77.4 Å². The number of ether oxygens (including phenoxy) is 2. The van der Waals surface area contributed by atoms with Gasteiger partial charge in [0, 0.05) is 23.9 Å². The molecule has 0 bridgehead atoms. The van der Waals surface area contributed by atoms with E-state index in [9.17, 15) is 4.79 Å². The molecule has 0 spiro atoms. The first-order valence-corrected chi connectivity index (χ1v) is 9.44. The van der Waals surface area contributed by atoms with Crippen molar-refractivity contribution in [2.75, 3.05) is 18.5 Å². The van der Waals surface area contributed by atoms with Crippen molar-refractivity contribution in [1.82, 2.24) is 4.98 Å². The number of hydrogen-bond acceptors (Lipinski definition) is 4. The number of carbonyl (C=O) groups excluding carboxylic acids is 1. The monoisotopic (exact) mass is 394 g/mol. The minimum absolute atomic E-state index is 0.0533. The highest BCUT2D eigenvalue weighted by molar-refractivity contribution is 6.32. The number of carbonyl (C=O) groups is 1. The second-order valence-corrected chi connectivity index (χ2v) is 6.89. The smallest absolute Gasteiger partial charge is 0.257 e. The van der Waals surface area contributed by atoms with Gasteiger partial charge in [0.1, 0.15) is 11.1 Å². The number of pyridine rings is 1. The summed E-state index contributed by atoms with van der Waals surface area (Å²) in [6, 6.07) is 19.1. The van der Waals surface area contributed by atoms with Gasteiger partial charge in [-0.05, 0) is 17.7 Å². The normalized spacial score (nSPS) is 16.0. The Morgan fingerprint density at radius 1 is 1.14 bits per heavy atom. The van der Waals surface area contributed by atoms with Crippen molar-refractivity contribution >= 4 is 23.2 Å². The van der Waals surface area contributed by atoms with E-state index in [-0.39, 0.29) is 12.0 Å². The summed E-state index contributed by atoms with van der Waals surface area (Å²) in [6.07, 6.45) is 2.22. The van der Waals surface area contributed by atoms with Gasteiger partial charge < -0.3 is 14.8 Å². The zero-order valence-electron chi connectivity index (χ0n) is 15.1. The molecule has 1 saturated heterocycles. The molecule has 1 fully saturated rings. The van der Waals surface area contributed by atoms with E-state index in [0.29, 0.717) is 29.7 Å². The summed E-state index contributed by atoms with van der Waals surface area (Å²) in [7, 11) is 0. The molecule has 6 heteroatoms. The second-order valence-electron chi connectivity index (χ2n) is 6.48. The maximum absolute atomic E-state index is 12.7. The lowest BCUT2D eigenvalue weighted by molar-refractivity contribution is 0.102. The van der Waals surface area contributed by atoms with E-state index < -0.39 is 0 Å². The number of aromatic nitrogens is 1. The lowest BCUT2D eigenvalue weighted by Crippen LogP contribution is -2.17. The van der Waals surface area contributed by atoms with Gasteiger partial charge in [0.15, 0.2) is 0 Å². The number of hydrogen-bond donors (Lipinski definition) is 1. The summed E-state index contributed by atoms with van der Waals surface area (Å²) in [6.45, 7) is 1.19. The summed E-state index contributed by atoms with van der Waals surface area (Å²) in [5, 5.41) is 3.25. The largest absolute Gasteiger partial charge is 0.471 e. The Hall–Kier alpha value is -2.89. The molecule has 3 aromatic rings.